The third kappa shape index (κ3) is 6.11. The lowest BCUT2D eigenvalue weighted by atomic mass is 10.1. The van der Waals surface area contributed by atoms with Gasteiger partial charge in [-0.1, -0.05) is 50.4 Å². The van der Waals surface area contributed by atoms with Crippen molar-refractivity contribution in [1.29, 1.82) is 0 Å². The number of halogens is 3. The molecule has 33 heavy (non-hydrogen) atoms. The molecule has 0 aromatic heterocycles. The molecule has 0 heterocycles. The van der Waals surface area contributed by atoms with E-state index in [0.29, 0.717) is 25.9 Å². The van der Waals surface area contributed by atoms with Crippen LogP contribution in [0.1, 0.15) is 56.8 Å². The molecule has 2 rings (SSSR count). The molecule has 0 saturated carbocycles. The number of benzene rings is 2. The maximum Gasteiger partial charge on any atom is 0.340 e. The van der Waals surface area contributed by atoms with Gasteiger partial charge in [-0.05, 0) is 49.6 Å². The van der Waals surface area contributed by atoms with Gasteiger partial charge in [-0.15, -0.1) is 0 Å². The van der Waals surface area contributed by atoms with Gasteiger partial charge in [0.2, 0.25) is 0 Å². The van der Waals surface area contributed by atoms with Crippen molar-refractivity contribution in [3.05, 3.63) is 51.8 Å². The Bertz CT molecular complexity index is 1090. The minimum atomic E-state index is -4.43. The molecule has 0 aliphatic carbocycles. The van der Waals surface area contributed by atoms with Crippen LogP contribution in [0.4, 0.5) is 15.8 Å². The zero-order valence-electron chi connectivity index (χ0n) is 18.9. The van der Waals surface area contributed by atoms with E-state index in [1.807, 2.05) is 20.8 Å². The van der Waals surface area contributed by atoms with Crippen molar-refractivity contribution in [2.24, 2.45) is 0 Å². The molecule has 0 saturated heterocycles. The van der Waals surface area contributed by atoms with Gasteiger partial charge in [0, 0.05) is 19.6 Å². The molecule has 2 aromatic rings. The second-order valence-electron chi connectivity index (χ2n) is 7.59. The fraction of sp³-hybridized carbons (Fsp3) is 0.435. The zero-order valence-corrected chi connectivity index (χ0v) is 21.3. The number of hydrogen-bond donors (Lipinski definition) is 1. The number of anilines is 2. The topological polar surface area (TPSA) is 77.9 Å². The van der Waals surface area contributed by atoms with Crippen molar-refractivity contribution in [2.75, 3.05) is 28.8 Å². The Labute approximate surface area is 205 Å². The Morgan fingerprint density at radius 3 is 2.12 bits per heavy atom. The number of carboxylic acid groups (broad SMARTS) is 1. The average molecular weight is 519 g/mol. The summed E-state index contributed by atoms with van der Waals surface area (Å²) >= 11 is 12.1. The van der Waals surface area contributed by atoms with E-state index in [1.54, 1.807) is 4.90 Å². The summed E-state index contributed by atoms with van der Waals surface area (Å²) in [5.41, 5.74) is -0.267. The molecule has 182 valence electrons. The van der Waals surface area contributed by atoms with E-state index >= 15 is 4.39 Å². The molecule has 0 aliphatic heterocycles. The normalized spacial score (nSPS) is 11.5. The van der Waals surface area contributed by atoms with Gasteiger partial charge in [-0.3, -0.25) is 4.31 Å². The molecule has 0 atom stereocenters. The molecule has 0 fully saturated rings. The molecule has 0 spiro atoms. The first-order valence-electron chi connectivity index (χ1n) is 10.9. The summed E-state index contributed by atoms with van der Waals surface area (Å²) in [6.45, 7) is 6.87. The third-order valence-electron chi connectivity index (χ3n) is 5.10. The average Bonchev–Trinajstić information content (AvgIpc) is 2.75. The largest absolute Gasteiger partial charge is 0.478 e. The van der Waals surface area contributed by atoms with Crippen LogP contribution in [0.25, 0.3) is 0 Å². The Morgan fingerprint density at radius 2 is 1.61 bits per heavy atom. The number of carboxylic acids is 1. The summed E-state index contributed by atoms with van der Waals surface area (Å²) in [5.74, 6) is -2.80. The molecule has 0 amide bonds. The van der Waals surface area contributed by atoms with Gasteiger partial charge in [0.05, 0.1) is 21.4 Å². The molecular weight excluding hydrogens is 490 g/mol. The predicted molar refractivity (Wildman–Crippen MR) is 132 cm³/mol. The van der Waals surface area contributed by atoms with Crippen LogP contribution in [-0.4, -0.2) is 39.1 Å². The predicted octanol–water partition coefficient (Wildman–Crippen LogP) is 6.45. The highest BCUT2D eigenvalue weighted by atomic mass is 35.5. The quantitative estimate of drug-likeness (QED) is 0.349. The standard InChI is InChI=1S/C23H29Cl2FN2O4S/c1-4-7-14-28(16-8-9-17(24)18(25)15-16)33(31,32)20-11-10-19(21(22(20)26)23(29)30)27(12-5-2)13-6-3/h8-11,15H,4-7,12-14H2,1-3H3,(H,29,30). The molecular formula is C23H29Cl2FN2O4S. The lowest BCUT2D eigenvalue weighted by molar-refractivity contribution is 0.0692. The summed E-state index contributed by atoms with van der Waals surface area (Å²) in [6.07, 6.45) is 2.65. The number of sulfonamides is 1. The van der Waals surface area contributed by atoms with Crippen molar-refractivity contribution in [1.82, 2.24) is 0 Å². The van der Waals surface area contributed by atoms with Crippen LogP contribution in [-0.2, 0) is 10.0 Å². The molecule has 0 bridgehead atoms. The van der Waals surface area contributed by atoms with Gasteiger partial charge in [0.1, 0.15) is 10.5 Å². The Morgan fingerprint density at radius 1 is 0.970 bits per heavy atom. The molecule has 0 aliphatic rings. The molecule has 0 radical (unpaired) electrons. The molecule has 0 unspecified atom stereocenters. The summed E-state index contributed by atoms with van der Waals surface area (Å²) in [4.78, 5) is 13.1. The lowest BCUT2D eigenvalue weighted by Crippen LogP contribution is -2.33. The number of aromatic carboxylic acids is 1. The third-order valence-corrected chi connectivity index (χ3v) is 7.68. The minimum absolute atomic E-state index is 0.0676. The van der Waals surface area contributed by atoms with Crippen molar-refractivity contribution >= 4 is 50.6 Å². The van der Waals surface area contributed by atoms with Crippen LogP contribution in [0.5, 0.6) is 0 Å². The molecule has 6 nitrogen and oxygen atoms in total. The van der Waals surface area contributed by atoms with E-state index < -0.39 is 32.3 Å². The fourth-order valence-electron chi connectivity index (χ4n) is 3.55. The van der Waals surface area contributed by atoms with E-state index in [9.17, 15) is 18.3 Å². The van der Waals surface area contributed by atoms with E-state index in [2.05, 4.69) is 0 Å². The molecule has 10 heteroatoms. The van der Waals surface area contributed by atoms with Gasteiger partial charge in [0.15, 0.2) is 5.82 Å². The SMILES string of the molecule is CCCCN(c1ccc(Cl)c(Cl)c1)S(=O)(=O)c1ccc(N(CCC)CCC)c(C(=O)O)c1F. The van der Waals surface area contributed by atoms with Crippen molar-refractivity contribution < 1.29 is 22.7 Å². The maximum absolute atomic E-state index is 15.6. The first-order valence-corrected chi connectivity index (χ1v) is 13.1. The van der Waals surface area contributed by atoms with Gasteiger partial charge in [0.25, 0.3) is 10.0 Å². The van der Waals surface area contributed by atoms with Crippen molar-refractivity contribution in [3.8, 4) is 0 Å². The Hall–Kier alpha value is -2.03. The number of hydrogen-bond acceptors (Lipinski definition) is 4. The van der Waals surface area contributed by atoms with Gasteiger partial charge < -0.3 is 10.0 Å². The van der Waals surface area contributed by atoms with Crippen molar-refractivity contribution in [2.45, 2.75) is 51.3 Å². The summed E-state index contributed by atoms with van der Waals surface area (Å²) < 4.78 is 43.8. The van der Waals surface area contributed by atoms with E-state index in [1.165, 1.54) is 24.3 Å². The summed E-state index contributed by atoms with van der Waals surface area (Å²) in [6, 6.07) is 6.85. The van der Waals surface area contributed by atoms with Crippen molar-refractivity contribution in [3.63, 3.8) is 0 Å². The van der Waals surface area contributed by atoms with Crippen LogP contribution in [0, 0.1) is 5.82 Å². The van der Waals surface area contributed by atoms with Crippen LogP contribution >= 0.6 is 23.2 Å². The number of carbonyl (C=O) groups is 1. The maximum atomic E-state index is 15.6. The smallest absolute Gasteiger partial charge is 0.340 e. The van der Waals surface area contributed by atoms with E-state index in [-0.39, 0.29) is 28.0 Å². The first kappa shape index (κ1) is 27.2. The highest BCUT2D eigenvalue weighted by molar-refractivity contribution is 7.92. The van der Waals surface area contributed by atoms with Gasteiger partial charge >= 0.3 is 5.97 Å². The highest BCUT2D eigenvalue weighted by Crippen LogP contribution is 2.34. The van der Waals surface area contributed by atoms with Gasteiger partial charge in [-0.25, -0.2) is 17.6 Å². The number of nitrogens with zero attached hydrogens (tertiary/aromatic N) is 2. The molecule has 1 N–H and O–H groups in total. The van der Waals surface area contributed by atoms with Crippen LogP contribution in [0.15, 0.2) is 35.2 Å². The Kier molecular flexibility index (Phi) is 9.82. The van der Waals surface area contributed by atoms with Gasteiger partial charge in [-0.2, -0.15) is 0 Å². The fourth-order valence-corrected chi connectivity index (χ4v) is 5.41. The summed E-state index contributed by atoms with van der Waals surface area (Å²) in [7, 11) is -4.43. The van der Waals surface area contributed by atoms with Crippen LogP contribution in [0.2, 0.25) is 10.0 Å². The van der Waals surface area contributed by atoms with E-state index in [4.69, 9.17) is 23.2 Å². The zero-order chi connectivity index (χ0) is 24.8. The number of unbranched alkanes of at least 4 members (excludes halogenated alkanes) is 1. The minimum Gasteiger partial charge on any atom is -0.478 e. The number of rotatable bonds is 12. The summed E-state index contributed by atoms with van der Waals surface area (Å²) in [5, 5.41) is 10.2. The second-order valence-corrected chi connectivity index (χ2v) is 10.2. The molecule has 2 aromatic carbocycles. The van der Waals surface area contributed by atoms with E-state index in [0.717, 1.165) is 23.2 Å². The first-order chi connectivity index (χ1) is 15.6. The second kappa shape index (κ2) is 11.9. The highest BCUT2D eigenvalue weighted by Gasteiger charge is 2.32. The van der Waals surface area contributed by atoms with Crippen LogP contribution in [0.3, 0.4) is 0 Å². The van der Waals surface area contributed by atoms with Crippen LogP contribution < -0.4 is 9.21 Å². The monoisotopic (exact) mass is 518 g/mol. The lowest BCUT2D eigenvalue weighted by Gasteiger charge is -2.28. The Balaban J connectivity index is 2.69.